The van der Waals surface area contributed by atoms with Gasteiger partial charge in [-0.05, 0) is 43.7 Å². The Hall–Kier alpha value is -2.81. The zero-order chi connectivity index (χ0) is 24.0. The highest BCUT2D eigenvalue weighted by Crippen LogP contribution is 2.24. The fraction of sp³-hybridized carbons (Fsp3) is 0.217. The predicted octanol–water partition coefficient (Wildman–Crippen LogP) is 5.30. The van der Waals surface area contributed by atoms with Gasteiger partial charge in [0, 0.05) is 17.3 Å². The largest absolute Gasteiger partial charge is 0.342 e. The van der Waals surface area contributed by atoms with Gasteiger partial charge in [0.15, 0.2) is 11.0 Å². The van der Waals surface area contributed by atoms with E-state index < -0.39 is 6.04 Å². The van der Waals surface area contributed by atoms with Crippen molar-refractivity contribution in [2.45, 2.75) is 31.6 Å². The van der Waals surface area contributed by atoms with Gasteiger partial charge in [0.25, 0.3) is 5.91 Å². The molecule has 0 fully saturated rings. The van der Waals surface area contributed by atoms with Gasteiger partial charge in [0.1, 0.15) is 0 Å². The summed E-state index contributed by atoms with van der Waals surface area (Å²) >= 11 is 13.4. The third-order valence-electron chi connectivity index (χ3n) is 4.72. The Morgan fingerprint density at radius 3 is 2.70 bits per heavy atom. The van der Waals surface area contributed by atoms with Crippen LogP contribution < -0.4 is 10.6 Å². The molecule has 172 valence electrons. The molecule has 1 aromatic heterocycles. The van der Waals surface area contributed by atoms with Crippen molar-refractivity contribution in [3.05, 3.63) is 82.1 Å². The number of hydrogen-bond acceptors (Lipinski definition) is 5. The Morgan fingerprint density at radius 2 is 1.97 bits per heavy atom. The Balaban J connectivity index is 1.69. The molecule has 0 aliphatic carbocycles. The Bertz CT molecular complexity index is 1180. The normalized spacial score (nSPS) is 11.6. The van der Waals surface area contributed by atoms with Gasteiger partial charge in [-0.1, -0.05) is 59.2 Å². The summed E-state index contributed by atoms with van der Waals surface area (Å²) in [6.07, 6.45) is 1.70. The van der Waals surface area contributed by atoms with Crippen LogP contribution in [0.5, 0.6) is 0 Å². The molecular formula is C23H23Cl2N5O2S. The molecule has 0 spiro atoms. The van der Waals surface area contributed by atoms with Crippen molar-refractivity contribution >= 4 is 52.5 Å². The quantitative estimate of drug-likeness (QED) is 0.305. The van der Waals surface area contributed by atoms with E-state index in [2.05, 4.69) is 27.4 Å². The molecule has 10 heteroatoms. The summed E-state index contributed by atoms with van der Waals surface area (Å²) in [6, 6.07) is 11.7. The smallest absolute Gasteiger partial charge is 0.253 e. The van der Waals surface area contributed by atoms with Gasteiger partial charge in [-0.15, -0.1) is 16.8 Å². The number of benzene rings is 2. The molecule has 0 radical (unpaired) electrons. The maximum Gasteiger partial charge on any atom is 0.253 e. The fourth-order valence-corrected chi connectivity index (χ4v) is 4.21. The van der Waals surface area contributed by atoms with Gasteiger partial charge in [0.05, 0.1) is 22.4 Å². The second kappa shape index (κ2) is 11.4. The number of carbonyl (C=O) groups is 2. The van der Waals surface area contributed by atoms with Gasteiger partial charge in [-0.3, -0.25) is 9.59 Å². The van der Waals surface area contributed by atoms with E-state index in [1.165, 1.54) is 11.8 Å². The summed E-state index contributed by atoms with van der Waals surface area (Å²) in [5.41, 5.74) is 1.96. The van der Waals surface area contributed by atoms with Gasteiger partial charge < -0.3 is 15.2 Å². The van der Waals surface area contributed by atoms with E-state index in [4.69, 9.17) is 23.2 Å². The van der Waals surface area contributed by atoms with Crippen molar-refractivity contribution in [3.8, 4) is 0 Å². The molecule has 0 saturated heterocycles. The molecule has 0 aliphatic heterocycles. The van der Waals surface area contributed by atoms with E-state index in [-0.39, 0.29) is 17.6 Å². The second-order valence-electron chi connectivity index (χ2n) is 7.21. The highest BCUT2D eigenvalue weighted by Gasteiger charge is 2.21. The van der Waals surface area contributed by atoms with Gasteiger partial charge in [-0.2, -0.15) is 0 Å². The third-order valence-corrected chi connectivity index (χ3v) is 6.25. The zero-order valence-electron chi connectivity index (χ0n) is 18.1. The lowest BCUT2D eigenvalue weighted by molar-refractivity contribution is -0.113. The van der Waals surface area contributed by atoms with Crippen molar-refractivity contribution in [2.75, 3.05) is 11.1 Å². The summed E-state index contributed by atoms with van der Waals surface area (Å²) in [5, 5.41) is 15.7. The van der Waals surface area contributed by atoms with E-state index in [9.17, 15) is 9.59 Å². The number of thioether (sulfide) groups is 1. The van der Waals surface area contributed by atoms with Crippen LogP contribution in [0.25, 0.3) is 0 Å². The van der Waals surface area contributed by atoms with Crippen LogP contribution in [0.15, 0.2) is 60.3 Å². The molecule has 33 heavy (non-hydrogen) atoms. The molecule has 0 aliphatic rings. The molecule has 1 heterocycles. The number of halogens is 2. The van der Waals surface area contributed by atoms with Crippen LogP contribution in [0, 0.1) is 6.92 Å². The van der Waals surface area contributed by atoms with Crippen molar-refractivity contribution in [3.63, 3.8) is 0 Å². The molecule has 3 rings (SSSR count). The van der Waals surface area contributed by atoms with E-state index in [1.807, 2.05) is 17.6 Å². The number of aryl methyl sites for hydroxylation is 1. The summed E-state index contributed by atoms with van der Waals surface area (Å²) < 4.78 is 1.81. The first-order valence-corrected chi connectivity index (χ1v) is 11.8. The first-order valence-electron chi connectivity index (χ1n) is 10.1. The number of nitrogens with zero attached hydrogens (tertiary/aromatic N) is 3. The number of hydrogen-bond donors (Lipinski definition) is 2. The number of anilines is 1. The Labute approximate surface area is 206 Å². The Morgan fingerprint density at radius 1 is 1.21 bits per heavy atom. The number of rotatable bonds is 9. The number of aromatic nitrogens is 3. The van der Waals surface area contributed by atoms with Crippen LogP contribution in [-0.2, 0) is 11.3 Å². The number of nitrogens with one attached hydrogen (secondary N) is 2. The lowest BCUT2D eigenvalue weighted by Crippen LogP contribution is -2.29. The molecule has 0 unspecified atom stereocenters. The first-order chi connectivity index (χ1) is 15.8. The highest BCUT2D eigenvalue weighted by molar-refractivity contribution is 7.99. The molecular weight excluding hydrogens is 481 g/mol. The average Bonchev–Trinajstić information content (AvgIpc) is 3.18. The standard InChI is InChI=1S/C23H23Cl2N5O2S/c1-4-11-30-21(15(3)26-22(32)17-7-5-6-8-18(17)25)28-29-23(30)33-13-20(31)27-19-12-16(24)10-9-14(19)2/h4-10,12,15H,1,11,13H2,2-3H3,(H,26,32)(H,27,31)/t15-/m0/s1. The van der Waals surface area contributed by atoms with Crippen molar-refractivity contribution in [2.24, 2.45) is 0 Å². The molecule has 7 nitrogen and oxygen atoms in total. The molecule has 0 saturated carbocycles. The van der Waals surface area contributed by atoms with Crippen molar-refractivity contribution in [1.29, 1.82) is 0 Å². The molecule has 1 atom stereocenters. The maximum atomic E-state index is 12.6. The SMILES string of the molecule is C=CCn1c(SCC(=O)Nc2cc(Cl)ccc2C)nnc1[C@H](C)NC(=O)c1ccccc1Cl. The van der Waals surface area contributed by atoms with E-state index in [1.54, 1.807) is 49.4 Å². The Kier molecular flexibility index (Phi) is 8.55. The molecule has 2 aromatic carbocycles. The summed E-state index contributed by atoms with van der Waals surface area (Å²) in [4.78, 5) is 25.1. The molecule has 3 aromatic rings. The third kappa shape index (κ3) is 6.37. The lowest BCUT2D eigenvalue weighted by Gasteiger charge is -2.15. The second-order valence-corrected chi connectivity index (χ2v) is 9.00. The van der Waals surface area contributed by atoms with E-state index in [0.29, 0.717) is 38.8 Å². The summed E-state index contributed by atoms with van der Waals surface area (Å²) in [7, 11) is 0. The number of carbonyl (C=O) groups excluding carboxylic acids is 2. The predicted molar refractivity (Wildman–Crippen MR) is 133 cm³/mol. The molecule has 2 amide bonds. The minimum Gasteiger partial charge on any atom is -0.342 e. The van der Waals surface area contributed by atoms with Gasteiger partial charge in [0.2, 0.25) is 5.91 Å². The topological polar surface area (TPSA) is 88.9 Å². The molecule has 2 N–H and O–H groups in total. The van der Waals surface area contributed by atoms with Gasteiger partial charge in [-0.25, -0.2) is 0 Å². The maximum absolute atomic E-state index is 12.6. The summed E-state index contributed by atoms with van der Waals surface area (Å²) in [6.45, 7) is 7.91. The zero-order valence-corrected chi connectivity index (χ0v) is 20.5. The van der Waals surface area contributed by atoms with Crippen molar-refractivity contribution < 1.29 is 9.59 Å². The van der Waals surface area contributed by atoms with E-state index >= 15 is 0 Å². The minimum absolute atomic E-state index is 0.127. The fourth-order valence-electron chi connectivity index (χ4n) is 3.06. The van der Waals surface area contributed by atoms with E-state index in [0.717, 1.165) is 5.56 Å². The van der Waals surface area contributed by atoms with Crippen LogP contribution in [0.2, 0.25) is 10.0 Å². The average molecular weight is 504 g/mol. The number of allylic oxidation sites excluding steroid dienone is 1. The molecule has 0 bridgehead atoms. The van der Waals surface area contributed by atoms with Gasteiger partial charge >= 0.3 is 0 Å². The monoisotopic (exact) mass is 503 g/mol. The van der Waals surface area contributed by atoms with Crippen LogP contribution in [0.3, 0.4) is 0 Å². The highest BCUT2D eigenvalue weighted by atomic mass is 35.5. The lowest BCUT2D eigenvalue weighted by atomic mass is 10.2. The van der Waals surface area contributed by atoms with Crippen LogP contribution in [-0.4, -0.2) is 32.3 Å². The number of amides is 2. The minimum atomic E-state index is -0.446. The first kappa shape index (κ1) is 24.8. The van der Waals surface area contributed by atoms with Crippen LogP contribution in [0.4, 0.5) is 5.69 Å². The van der Waals surface area contributed by atoms with Crippen LogP contribution in [0.1, 0.15) is 34.7 Å². The summed E-state index contributed by atoms with van der Waals surface area (Å²) in [5.74, 6) is 0.164. The van der Waals surface area contributed by atoms with Crippen molar-refractivity contribution in [1.82, 2.24) is 20.1 Å². The van der Waals surface area contributed by atoms with Crippen LogP contribution >= 0.6 is 35.0 Å².